The topological polar surface area (TPSA) is 73.9 Å². The van der Waals surface area contributed by atoms with Gasteiger partial charge < -0.3 is 14.2 Å². The van der Waals surface area contributed by atoms with E-state index < -0.39 is 5.60 Å². The van der Waals surface area contributed by atoms with Crippen molar-refractivity contribution in [1.82, 2.24) is 5.32 Å². The maximum Gasteiger partial charge on any atom is 0.290 e. The smallest absolute Gasteiger partial charge is 0.290 e. The fraction of sp³-hybridized carbons (Fsp3) is 0.400. The van der Waals surface area contributed by atoms with Gasteiger partial charge in [-0.05, 0) is 125 Å². The van der Waals surface area contributed by atoms with E-state index in [1.807, 2.05) is 25.1 Å². The largest absolute Gasteiger partial charge is 0.489 e. The zero-order chi connectivity index (χ0) is 26.9. The number of carbonyl (C=O) groups excluding carboxylic acids is 2. The first-order valence-electron chi connectivity index (χ1n) is 12.5. The predicted octanol–water partition coefficient (Wildman–Crippen LogP) is 6.75. The summed E-state index contributed by atoms with van der Waals surface area (Å²) in [5.41, 5.74) is 7.16. The highest BCUT2D eigenvalue weighted by Gasteiger charge is 2.36. The summed E-state index contributed by atoms with van der Waals surface area (Å²) in [6, 6.07) is 5.74. The van der Waals surface area contributed by atoms with Crippen LogP contribution in [0.4, 0.5) is 4.79 Å². The Balaban J connectivity index is 1.48. The number of imide groups is 1. The van der Waals surface area contributed by atoms with Gasteiger partial charge in [-0.1, -0.05) is 11.6 Å². The average Bonchev–Trinajstić information content (AvgIpc) is 3.15. The molecule has 6 nitrogen and oxygen atoms in total. The second-order valence-corrected chi connectivity index (χ2v) is 11.3. The number of nitrogens with one attached hydrogen (secondary N) is 1. The lowest BCUT2D eigenvalue weighted by Gasteiger charge is -2.38. The standard InChI is InChI=1S/C30H35NO5S/c1-17(2)11-13-34-26-19(4)20(5)27-23(21(26)6)10-12-30(7,36-27)16-35-24-9-8-22(14-18(24)3)15-25-28(32)31-29(33)37-25/h8-9,11,14-15H,10,12-13,16H2,1-7H3,(H,31,32,33)/b25-15-. The summed E-state index contributed by atoms with van der Waals surface area (Å²) in [5, 5.41) is 1.93. The lowest BCUT2D eigenvalue weighted by atomic mass is 9.87. The SMILES string of the molecule is CC(C)=CCOc1c(C)c(C)c2c(c1C)CCC(C)(COc1ccc(/C=C3\SC(=O)NC3=O)cc1C)O2. The summed E-state index contributed by atoms with van der Waals surface area (Å²) in [7, 11) is 0. The van der Waals surface area contributed by atoms with Crippen molar-refractivity contribution in [2.75, 3.05) is 13.2 Å². The van der Waals surface area contributed by atoms with Crippen LogP contribution in [0.25, 0.3) is 6.08 Å². The predicted molar refractivity (Wildman–Crippen MR) is 149 cm³/mol. The number of benzene rings is 2. The van der Waals surface area contributed by atoms with E-state index in [4.69, 9.17) is 14.2 Å². The Kier molecular flexibility index (Phi) is 7.74. The van der Waals surface area contributed by atoms with E-state index in [-0.39, 0.29) is 11.1 Å². The van der Waals surface area contributed by atoms with Crippen LogP contribution in [0.5, 0.6) is 17.2 Å². The highest BCUT2D eigenvalue weighted by molar-refractivity contribution is 8.18. The van der Waals surface area contributed by atoms with E-state index in [0.717, 1.165) is 69.7 Å². The molecular weight excluding hydrogens is 486 g/mol. The molecule has 1 atom stereocenters. The third-order valence-corrected chi connectivity index (χ3v) is 7.76. The number of amides is 2. The number of hydrogen-bond acceptors (Lipinski definition) is 6. The Labute approximate surface area is 223 Å². The van der Waals surface area contributed by atoms with Gasteiger partial charge in [0, 0.05) is 5.56 Å². The van der Waals surface area contributed by atoms with Crippen LogP contribution in [0.2, 0.25) is 0 Å². The Bertz CT molecular complexity index is 1320. The lowest BCUT2D eigenvalue weighted by Crippen LogP contribution is -2.42. The van der Waals surface area contributed by atoms with E-state index >= 15 is 0 Å². The first-order chi connectivity index (χ1) is 17.5. The Morgan fingerprint density at radius 3 is 2.51 bits per heavy atom. The van der Waals surface area contributed by atoms with Crippen molar-refractivity contribution < 1.29 is 23.8 Å². The van der Waals surface area contributed by atoms with Crippen molar-refractivity contribution in [2.45, 2.75) is 66.9 Å². The summed E-state index contributed by atoms with van der Waals surface area (Å²) in [6.07, 6.45) is 5.54. The average molecular weight is 522 g/mol. The monoisotopic (exact) mass is 521 g/mol. The molecule has 0 bridgehead atoms. The summed E-state index contributed by atoms with van der Waals surface area (Å²) in [6.45, 7) is 15.5. The van der Waals surface area contributed by atoms with Gasteiger partial charge in [-0.3, -0.25) is 14.9 Å². The highest BCUT2D eigenvalue weighted by Crippen LogP contribution is 2.44. The van der Waals surface area contributed by atoms with E-state index in [1.54, 1.807) is 6.08 Å². The minimum atomic E-state index is -0.465. The van der Waals surface area contributed by atoms with E-state index in [9.17, 15) is 9.59 Å². The molecule has 4 rings (SSSR count). The maximum absolute atomic E-state index is 11.8. The van der Waals surface area contributed by atoms with Crippen LogP contribution in [0, 0.1) is 27.7 Å². The molecule has 0 saturated carbocycles. The first kappa shape index (κ1) is 26.9. The number of thioether (sulfide) groups is 1. The maximum atomic E-state index is 11.8. The van der Waals surface area contributed by atoms with Crippen LogP contribution in [-0.2, 0) is 11.2 Å². The Hall–Kier alpha value is -3.19. The number of hydrogen-bond donors (Lipinski definition) is 1. The van der Waals surface area contributed by atoms with Crippen molar-refractivity contribution in [3.05, 3.63) is 68.1 Å². The van der Waals surface area contributed by atoms with Crippen LogP contribution in [-0.4, -0.2) is 30.0 Å². The molecule has 2 heterocycles. The molecule has 196 valence electrons. The fourth-order valence-electron chi connectivity index (χ4n) is 4.62. The van der Waals surface area contributed by atoms with Crippen LogP contribution in [0.1, 0.15) is 60.6 Å². The van der Waals surface area contributed by atoms with Crippen molar-refractivity contribution in [1.29, 1.82) is 0 Å². The first-order valence-corrected chi connectivity index (χ1v) is 13.3. The van der Waals surface area contributed by atoms with Gasteiger partial charge in [-0.2, -0.15) is 0 Å². The number of aryl methyl sites for hydroxylation is 1. The number of fused-ring (bicyclic) bond motifs is 1. The zero-order valence-electron chi connectivity index (χ0n) is 22.7. The van der Waals surface area contributed by atoms with Gasteiger partial charge in [0.05, 0.1) is 4.91 Å². The van der Waals surface area contributed by atoms with E-state index in [0.29, 0.717) is 18.1 Å². The molecule has 0 spiro atoms. The van der Waals surface area contributed by atoms with Gasteiger partial charge >= 0.3 is 0 Å². The van der Waals surface area contributed by atoms with Crippen LogP contribution in [0.15, 0.2) is 34.8 Å². The van der Waals surface area contributed by atoms with Crippen molar-refractivity contribution >= 4 is 29.0 Å². The molecule has 7 heteroatoms. The molecule has 2 aromatic rings. The minimum absolute atomic E-state index is 0.344. The summed E-state index contributed by atoms with van der Waals surface area (Å²) in [5.74, 6) is 2.32. The number of ether oxygens (including phenoxy) is 3. The van der Waals surface area contributed by atoms with Gasteiger partial charge in [0.25, 0.3) is 11.1 Å². The van der Waals surface area contributed by atoms with Gasteiger partial charge in [-0.25, -0.2) is 0 Å². The van der Waals surface area contributed by atoms with E-state index in [2.05, 4.69) is 52.9 Å². The number of rotatable bonds is 7. The molecular formula is C30H35NO5S. The molecule has 2 aromatic carbocycles. The molecule has 1 fully saturated rings. The van der Waals surface area contributed by atoms with Crippen molar-refractivity contribution in [2.24, 2.45) is 0 Å². The van der Waals surface area contributed by atoms with Crippen molar-refractivity contribution in [3.63, 3.8) is 0 Å². The minimum Gasteiger partial charge on any atom is -0.489 e. The van der Waals surface area contributed by atoms with Crippen LogP contribution >= 0.6 is 11.8 Å². The molecule has 0 aromatic heterocycles. The number of allylic oxidation sites excluding steroid dienone is 1. The molecule has 1 N–H and O–H groups in total. The molecule has 1 saturated heterocycles. The molecule has 2 aliphatic heterocycles. The Morgan fingerprint density at radius 2 is 1.86 bits per heavy atom. The number of carbonyl (C=O) groups is 2. The van der Waals surface area contributed by atoms with Gasteiger partial charge in [0.2, 0.25) is 0 Å². The summed E-state index contributed by atoms with van der Waals surface area (Å²) < 4.78 is 19.0. The van der Waals surface area contributed by atoms with Crippen LogP contribution < -0.4 is 19.5 Å². The Morgan fingerprint density at radius 1 is 1.11 bits per heavy atom. The molecule has 2 aliphatic rings. The second-order valence-electron chi connectivity index (χ2n) is 10.3. The molecule has 0 aliphatic carbocycles. The zero-order valence-corrected chi connectivity index (χ0v) is 23.5. The van der Waals surface area contributed by atoms with Gasteiger partial charge in [0.15, 0.2) is 0 Å². The quantitative estimate of drug-likeness (QED) is 0.321. The van der Waals surface area contributed by atoms with Crippen molar-refractivity contribution in [3.8, 4) is 17.2 Å². The highest BCUT2D eigenvalue weighted by atomic mass is 32.2. The lowest BCUT2D eigenvalue weighted by molar-refractivity contribution is -0.115. The fourth-order valence-corrected chi connectivity index (χ4v) is 5.30. The third kappa shape index (κ3) is 5.87. The second kappa shape index (κ2) is 10.7. The summed E-state index contributed by atoms with van der Waals surface area (Å²) >= 11 is 0.914. The summed E-state index contributed by atoms with van der Waals surface area (Å²) in [4.78, 5) is 23.6. The van der Waals surface area contributed by atoms with Gasteiger partial charge in [0.1, 0.15) is 36.1 Å². The van der Waals surface area contributed by atoms with Crippen LogP contribution in [0.3, 0.4) is 0 Å². The van der Waals surface area contributed by atoms with E-state index in [1.165, 1.54) is 11.1 Å². The molecule has 37 heavy (non-hydrogen) atoms. The van der Waals surface area contributed by atoms with Gasteiger partial charge in [-0.15, -0.1) is 0 Å². The molecule has 2 amide bonds. The molecule has 0 radical (unpaired) electrons. The third-order valence-electron chi connectivity index (χ3n) is 6.95. The normalized spacial score (nSPS) is 19.8. The molecule has 1 unspecified atom stereocenters.